The minimum absolute atomic E-state index is 0.187. The molecule has 0 spiro atoms. The molecule has 0 bridgehead atoms. The smallest absolute Gasteiger partial charge is 0.322 e. The summed E-state index contributed by atoms with van der Waals surface area (Å²) in [5.74, 6) is -1.39. The summed E-state index contributed by atoms with van der Waals surface area (Å²) in [4.78, 5) is 33.7. The molecule has 0 saturated carbocycles. The van der Waals surface area contributed by atoms with Crippen LogP contribution in [0.1, 0.15) is 40.4 Å². The summed E-state index contributed by atoms with van der Waals surface area (Å²) in [5.41, 5.74) is 2.45. The number of hydrogen-bond acceptors (Lipinski definition) is 6. The van der Waals surface area contributed by atoms with Gasteiger partial charge in [-0.05, 0) is 56.4 Å². The molecular weight excluding hydrogens is 408 g/mol. The van der Waals surface area contributed by atoms with Crippen molar-refractivity contribution in [3.05, 3.63) is 46.0 Å². The average molecular weight is 433 g/mol. The third-order valence-electron chi connectivity index (χ3n) is 5.31. The quantitative estimate of drug-likeness (QED) is 0.642. The molecule has 1 fully saturated rings. The van der Waals surface area contributed by atoms with Crippen LogP contribution in [0.15, 0.2) is 18.2 Å². The van der Waals surface area contributed by atoms with Gasteiger partial charge in [-0.1, -0.05) is 11.6 Å². The molecule has 3 N–H and O–H groups in total. The van der Waals surface area contributed by atoms with Gasteiger partial charge in [-0.15, -0.1) is 0 Å². The number of benzene rings is 1. The van der Waals surface area contributed by atoms with Crippen molar-refractivity contribution in [3.63, 3.8) is 0 Å². The maximum absolute atomic E-state index is 12.2. The van der Waals surface area contributed by atoms with Crippen molar-refractivity contribution in [3.8, 4) is 5.75 Å². The van der Waals surface area contributed by atoms with E-state index >= 15 is 0 Å². The minimum atomic E-state index is -1.17. The number of carboxylic acid groups (broad SMARTS) is 1. The van der Waals surface area contributed by atoms with E-state index in [1.807, 2.05) is 18.2 Å². The molecule has 0 atom stereocenters. The van der Waals surface area contributed by atoms with Crippen LogP contribution in [0, 0.1) is 19.8 Å². The Hall–Kier alpha value is -2.87. The van der Waals surface area contributed by atoms with Crippen molar-refractivity contribution >= 4 is 29.2 Å². The highest BCUT2D eigenvalue weighted by Crippen LogP contribution is 2.29. The van der Waals surface area contributed by atoms with Crippen LogP contribution in [0.3, 0.4) is 0 Å². The minimum Gasteiger partial charge on any atom is -0.504 e. The number of nitrogens with zero attached hydrogens (tertiary/aromatic N) is 3. The Balaban J connectivity index is 1.66. The number of aryl methyl sites for hydroxylation is 2. The fourth-order valence-electron chi connectivity index (χ4n) is 3.72. The first-order chi connectivity index (χ1) is 14.2. The number of aromatic hydroxyl groups is 1. The molecule has 2 heterocycles. The maximum Gasteiger partial charge on any atom is 0.322 e. The number of halogens is 1. The lowest BCUT2D eigenvalue weighted by Gasteiger charge is -2.34. The Bertz CT molecular complexity index is 958. The van der Waals surface area contributed by atoms with Crippen LogP contribution in [0.4, 0.5) is 5.69 Å². The molecule has 1 aliphatic heterocycles. The largest absolute Gasteiger partial charge is 0.504 e. The van der Waals surface area contributed by atoms with Crippen LogP contribution in [-0.2, 0) is 11.2 Å². The summed E-state index contributed by atoms with van der Waals surface area (Å²) in [6.45, 7) is 4.91. The molecule has 1 amide bonds. The van der Waals surface area contributed by atoms with Gasteiger partial charge in [-0.25, -0.2) is 9.97 Å². The molecule has 1 saturated heterocycles. The molecule has 1 aromatic heterocycles. The molecular formula is C21H25ClN4O4. The van der Waals surface area contributed by atoms with E-state index in [0.717, 1.165) is 36.5 Å². The second-order valence-corrected chi connectivity index (χ2v) is 8.00. The number of aliphatic carboxylic acids is 1. The topological polar surface area (TPSA) is 116 Å². The monoisotopic (exact) mass is 432 g/mol. The number of carboxylic acids is 1. The molecule has 2 aromatic rings. The van der Waals surface area contributed by atoms with Gasteiger partial charge in [0, 0.05) is 30.2 Å². The van der Waals surface area contributed by atoms with Crippen LogP contribution in [0.5, 0.6) is 5.75 Å². The molecule has 0 radical (unpaired) electrons. The van der Waals surface area contributed by atoms with E-state index in [4.69, 9.17) is 16.7 Å². The molecule has 30 heavy (non-hydrogen) atoms. The van der Waals surface area contributed by atoms with Crippen molar-refractivity contribution in [1.82, 2.24) is 15.3 Å². The van der Waals surface area contributed by atoms with E-state index in [2.05, 4.69) is 27.1 Å². The standard InChI is InChI=1S/C21H25ClN4O4/c1-12-9-15(22)3-4-16(12)26-7-5-14(6-8-26)10-17-24-13(2)20(29)19(25-17)21(30)23-11-18(27)28/h3-4,9,14,29H,5-8,10-11H2,1-2H3,(H,23,30)(H,27,28). The molecule has 160 valence electrons. The number of amides is 1. The molecule has 8 nitrogen and oxygen atoms in total. The number of nitrogens with one attached hydrogen (secondary N) is 1. The second kappa shape index (κ2) is 9.30. The van der Waals surface area contributed by atoms with Crippen LogP contribution in [0.25, 0.3) is 0 Å². The highest BCUT2D eigenvalue weighted by molar-refractivity contribution is 6.30. The van der Waals surface area contributed by atoms with E-state index in [-0.39, 0.29) is 11.4 Å². The lowest BCUT2D eigenvalue weighted by Crippen LogP contribution is -2.35. The average Bonchev–Trinajstić information content (AvgIpc) is 2.69. The fraction of sp³-hybridized carbons (Fsp3) is 0.429. The van der Waals surface area contributed by atoms with Crippen LogP contribution in [0.2, 0.25) is 5.02 Å². The summed E-state index contributed by atoms with van der Waals surface area (Å²) >= 11 is 6.06. The molecule has 1 aromatic carbocycles. The highest BCUT2D eigenvalue weighted by Gasteiger charge is 2.24. The Labute approximate surface area is 179 Å². The van der Waals surface area contributed by atoms with E-state index in [0.29, 0.717) is 23.9 Å². The number of carbonyl (C=O) groups is 2. The zero-order valence-electron chi connectivity index (χ0n) is 17.0. The summed E-state index contributed by atoms with van der Waals surface area (Å²) in [7, 11) is 0. The van der Waals surface area contributed by atoms with E-state index in [1.165, 1.54) is 5.69 Å². The van der Waals surface area contributed by atoms with Gasteiger partial charge >= 0.3 is 5.97 Å². The summed E-state index contributed by atoms with van der Waals surface area (Å²) in [5, 5.41) is 21.8. The van der Waals surface area contributed by atoms with Crippen molar-refractivity contribution in [2.45, 2.75) is 33.1 Å². The molecule has 0 aliphatic carbocycles. The SMILES string of the molecule is Cc1cc(Cl)ccc1N1CCC(Cc2nc(C)c(O)c(C(=O)NCC(=O)O)n2)CC1. The molecule has 9 heteroatoms. The van der Waals surface area contributed by atoms with Gasteiger partial charge in [0.05, 0.1) is 5.69 Å². The fourth-order valence-corrected chi connectivity index (χ4v) is 3.95. The lowest BCUT2D eigenvalue weighted by atomic mass is 9.92. The predicted octanol–water partition coefficient (Wildman–Crippen LogP) is 2.73. The number of rotatable bonds is 6. The number of piperidine rings is 1. The van der Waals surface area contributed by atoms with Gasteiger partial charge in [-0.2, -0.15) is 0 Å². The summed E-state index contributed by atoms with van der Waals surface area (Å²) in [6, 6.07) is 5.92. The normalized spacial score (nSPS) is 14.6. The third kappa shape index (κ3) is 5.18. The molecule has 0 unspecified atom stereocenters. The number of aromatic nitrogens is 2. The van der Waals surface area contributed by atoms with Crippen LogP contribution in [-0.4, -0.2) is 51.7 Å². The Morgan fingerprint density at radius 3 is 2.57 bits per heavy atom. The van der Waals surface area contributed by atoms with Crippen LogP contribution >= 0.6 is 11.6 Å². The van der Waals surface area contributed by atoms with Crippen molar-refractivity contribution in [2.75, 3.05) is 24.5 Å². The van der Waals surface area contributed by atoms with E-state index < -0.39 is 18.4 Å². The Morgan fingerprint density at radius 1 is 1.23 bits per heavy atom. The zero-order valence-corrected chi connectivity index (χ0v) is 17.7. The van der Waals surface area contributed by atoms with E-state index in [1.54, 1.807) is 6.92 Å². The highest BCUT2D eigenvalue weighted by atomic mass is 35.5. The van der Waals surface area contributed by atoms with Crippen LogP contribution < -0.4 is 10.2 Å². The van der Waals surface area contributed by atoms with Gasteiger partial charge in [0.1, 0.15) is 12.4 Å². The Kier molecular flexibility index (Phi) is 6.77. The van der Waals surface area contributed by atoms with Crippen molar-refractivity contribution in [1.29, 1.82) is 0 Å². The first-order valence-corrected chi connectivity index (χ1v) is 10.2. The first-order valence-electron chi connectivity index (χ1n) is 9.82. The zero-order chi connectivity index (χ0) is 21.8. The van der Waals surface area contributed by atoms with E-state index in [9.17, 15) is 14.7 Å². The molecule has 3 rings (SSSR count). The number of carbonyl (C=O) groups excluding carboxylic acids is 1. The van der Waals surface area contributed by atoms with Crippen molar-refractivity contribution in [2.24, 2.45) is 5.92 Å². The van der Waals surface area contributed by atoms with Gasteiger partial charge in [0.15, 0.2) is 11.4 Å². The second-order valence-electron chi connectivity index (χ2n) is 7.56. The maximum atomic E-state index is 12.2. The van der Waals surface area contributed by atoms with Gasteiger partial charge < -0.3 is 20.4 Å². The first kappa shape index (κ1) is 21.8. The lowest BCUT2D eigenvalue weighted by molar-refractivity contribution is -0.135. The predicted molar refractivity (Wildman–Crippen MR) is 113 cm³/mol. The number of anilines is 1. The van der Waals surface area contributed by atoms with Gasteiger partial charge in [0.25, 0.3) is 5.91 Å². The number of hydrogen-bond donors (Lipinski definition) is 3. The summed E-state index contributed by atoms with van der Waals surface area (Å²) < 4.78 is 0. The van der Waals surface area contributed by atoms with Gasteiger partial charge in [0.2, 0.25) is 0 Å². The summed E-state index contributed by atoms with van der Waals surface area (Å²) in [6.07, 6.45) is 2.49. The Morgan fingerprint density at radius 2 is 1.93 bits per heavy atom. The van der Waals surface area contributed by atoms with Gasteiger partial charge in [-0.3, -0.25) is 9.59 Å². The third-order valence-corrected chi connectivity index (χ3v) is 5.54. The molecule has 1 aliphatic rings. The van der Waals surface area contributed by atoms with Crippen molar-refractivity contribution < 1.29 is 19.8 Å².